The first-order chi connectivity index (χ1) is 10.2. The SMILES string of the molecule is CCCC1CCN(C2CCc3cc(OC)ccc3C2O)C1. The van der Waals surface area contributed by atoms with Crippen LogP contribution in [0.2, 0.25) is 0 Å². The van der Waals surface area contributed by atoms with Gasteiger partial charge in [0.15, 0.2) is 0 Å². The smallest absolute Gasteiger partial charge is 0.119 e. The van der Waals surface area contributed by atoms with E-state index in [4.69, 9.17) is 4.74 Å². The van der Waals surface area contributed by atoms with Crippen LogP contribution in [0.15, 0.2) is 18.2 Å². The summed E-state index contributed by atoms with van der Waals surface area (Å²) in [6.07, 6.45) is 5.65. The molecule has 116 valence electrons. The number of hydrogen-bond donors (Lipinski definition) is 1. The Labute approximate surface area is 127 Å². The molecule has 21 heavy (non-hydrogen) atoms. The molecule has 0 radical (unpaired) electrons. The van der Waals surface area contributed by atoms with Gasteiger partial charge in [0, 0.05) is 12.6 Å². The van der Waals surface area contributed by atoms with Gasteiger partial charge in [-0.25, -0.2) is 0 Å². The van der Waals surface area contributed by atoms with Crippen molar-refractivity contribution in [1.29, 1.82) is 0 Å². The number of nitrogens with zero attached hydrogens (tertiary/aromatic N) is 1. The van der Waals surface area contributed by atoms with Crippen molar-refractivity contribution in [2.75, 3.05) is 20.2 Å². The largest absolute Gasteiger partial charge is 0.497 e. The second-order valence-electron chi connectivity index (χ2n) is 6.55. The summed E-state index contributed by atoms with van der Waals surface area (Å²) in [7, 11) is 1.70. The van der Waals surface area contributed by atoms with Crippen LogP contribution in [0.3, 0.4) is 0 Å². The Balaban J connectivity index is 1.72. The zero-order valence-electron chi connectivity index (χ0n) is 13.2. The third-order valence-electron chi connectivity index (χ3n) is 5.23. The fraction of sp³-hybridized carbons (Fsp3) is 0.667. The van der Waals surface area contributed by atoms with E-state index in [0.29, 0.717) is 6.04 Å². The molecule has 3 heteroatoms. The average Bonchev–Trinajstić information content (AvgIpc) is 2.96. The van der Waals surface area contributed by atoms with Crippen LogP contribution >= 0.6 is 0 Å². The van der Waals surface area contributed by atoms with Crippen LogP contribution in [0, 0.1) is 5.92 Å². The third-order valence-corrected chi connectivity index (χ3v) is 5.23. The lowest BCUT2D eigenvalue weighted by Gasteiger charge is -2.36. The van der Waals surface area contributed by atoms with Crippen LogP contribution in [0.4, 0.5) is 0 Å². The Morgan fingerprint density at radius 3 is 2.95 bits per heavy atom. The Hall–Kier alpha value is -1.06. The van der Waals surface area contributed by atoms with Crippen LogP contribution in [-0.4, -0.2) is 36.2 Å². The second kappa shape index (κ2) is 6.37. The first-order valence-corrected chi connectivity index (χ1v) is 8.31. The second-order valence-corrected chi connectivity index (χ2v) is 6.55. The molecular formula is C18H27NO2. The molecule has 3 unspecified atom stereocenters. The summed E-state index contributed by atoms with van der Waals surface area (Å²) in [5.41, 5.74) is 2.35. The zero-order chi connectivity index (χ0) is 14.8. The van der Waals surface area contributed by atoms with E-state index in [1.165, 1.54) is 31.4 Å². The molecule has 0 spiro atoms. The van der Waals surface area contributed by atoms with Gasteiger partial charge in [-0.05, 0) is 61.4 Å². The van der Waals surface area contributed by atoms with Gasteiger partial charge in [-0.15, -0.1) is 0 Å². The maximum Gasteiger partial charge on any atom is 0.119 e. The number of aryl methyl sites for hydroxylation is 1. The number of aliphatic hydroxyl groups is 1. The molecule has 1 aliphatic heterocycles. The Morgan fingerprint density at radius 1 is 1.33 bits per heavy atom. The number of aliphatic hydroxyl groups excluding tert-OH is 1. The molecule has 1 heterocycles. The van der Waals surface area contributed by atoms with E-state index in [-0.39, 0.29) is 6.10 Å². The molecule has 0 bridgehead atoms. The molecule has 3 atom stereocenters. The maximum atomic E-state index is 10.8. The first-order valence-electron chi connectivity index (χ1n) is 8.31. The monoisotopic (exact) mass is 289 g/mol. The number of fused-ring (bicyclic) bond motifs is 1. The molecule has 1 fully saturated rings. The van der Waals surface area contributed by atoms with E-state index in [2.05, 4.69) is 17.9 Å². The zero-order valence-corrected chi connectivity index (χ0v) is 13.2. The molecule has 0 amide bonds. The molecule has 3 nitrogen and oxygen atoms in total. The molecule has 1 saturated heterocycles. The van der Waals surface area contributed by atoms with Crippen molar-refractivity contribution in [2.45, 2.75) is 51.2 Å². The number of likely N-dealkylation sites (tertiary alicyclic amines) is 1. The first kappa shape index (κ1) is 14.9. The number of hydrogen-bond acceptors (Lipinski definition) is 3. The van der Waals surface area contributed by atoms with E-state index < -0.39 is 0 Å². The lowest BCUT2D eigenvalue weighted by Crippen LogP contribution is -2.41. The van der Waals surface area contributed by atoms with Crippen LogP contribution in [0.5, 0.6) is 5.75 Å². The number of rotatable bonds is 4. The molecule has 1 aliphatic carbocycles. The molecule has 3 rings (SSSR count). The van der Waals surface area contributed by atoms with Crippen molar-refractivity contribution in [2.24, 2.45) is 5.92 Å². The number of methoxy groups -OCH3 is 1. The lowest BCUT2D eigenvalue weighted by atomic mass is 9.85. The standard InChI is InChI=1S/C18H27NO2/c1-3-4-13-9-10-19(12-13)17-8-5-14-11-15(21-2)6-7-16(14)18(17)20/h6-7,11,13,17-18,20H,3-5,8-10,12H2,1-2H3. The van der Waals surface area contributed by atoms with E-state index in [0.717, 1.165) is 36.6 Å². The Kier molecular flexibility index (Phi) is 4.51. The van der Waals surface area contributed by atoms with Gasteiger partial charge in [-0.2, -0.15) is 0 Å². The van der Waals surface area contributed by atoms with Gasteiger partial charge in [0.2, 0.25) is 0 Å². The Morgan fingerprint density at radius 2 is 2.19 bits per heavy atom. The Bertz CT molecular complexity index is 488. The molecular weight excluding hydrogens is 262 g/mol. The van der Waals surface area contributed by atoms with Crippen LogP contribution in [0.25, 0.3) is 0 Å². The van der Waals surface area contributed by atoms with E-state index in [9.17, 15) is 5.11 Å². The van der Waals surface area contributed by atoms with Crippen LogP contribution < -0.4 is 4.74 Å². The normalized spacial score (nSPS) is 29.4. The van der Waals surface area contributed by atoms with E-state index >= 15 is 0 Å². The number of ether oxygens (including phenoxy) is 1. The summed E-state index contributed by atoms with van der Waals surface area (Å²) in [5, 5.41) is 10.8. The van der Waals surface area contributed by atoms with Gasteiger partial charge in [0.1, 0.15) is 5.75 Å². The molecule has 1 N–H and O–H groups in total. The van der Waals surface area contributed by atoms with Gasteiger partial charge in [-0.3, -0.25) is 4.90 Å². The van der Waals surface area contributed by atoms with Crippen LogP contribution in [-0.2, 0) is 6.42 Å². The predicted octanol–water partition coefficient (Wildman–Crippen LogP) is 3.17. The van der Waals surface area contributed by atoms with Gasteiger partial charge in [-0.1, -0.05) is 19.4 Å². The van der Waals surface area contributed by atoms with Crippen molar-refractivity contribution >= 4 is 0 Å². The summed E-state index contributed by atoms with van der Waals surface area (Å²) in [5.74, 6) is 1.73. The fourth-order valence-corrected chi connectivity index (χ4v) is 4.07. The molecule has 1 aromatic carbocycles. The van der Waals surface area contributed by atoms with Gasteiger partial charge in [0.25, 0.3) is 0 Å². The van der Waals surface area contributed by atoms with Crippen molar-refractivity contribution in [3.8, 4) is 5.75 Å². The van der Waals surface area contributed by atoms with Crippen LogP contribution in [0.1, 0.15) is 49.8 Å². The fourth-order valence-electron chi connectivity index (χ4n) is 4.07. The summed E-state index contributed by atoms with van der Waals surface area (Å²) in [6.45, 7) is 4.58. The maximum absolute atomic E-state index is 10.8. The highest BCUT2D eigenvalue weighted by atomic mass is 16.5. The predicted molar refractivity (Wildman–Crippen MR) is 84.7 cm³/mol. The summed E-state index contributed by atoms with van der Waals surface area (Å²) < 4.78 is 5.29. The number of benzene rings is 1. The summed E-state index contributed by atoms with van der Waals surface area (Å²) in [4.78, 5) is 2.53. The van der Waals surface area contributed by atoms with Gasteiger partial charge in [0.05, 0.1) is 13.2 Å². The minimum absolute atomic E-state index is 0.299. The average molecular weight is 289 g/mol. The van der Waals surface area contributed by atoms with Crippen molar-refractivity contribution < 1.29 is 9.84 Å². The minimum Gasteiger partial charge on any atom is -0.497 e. The highest BCUT2D eigenvalue weighted by molar-refractivity contribution is 5.39. The third kappa shape index (κ3) is 2.95. The molecule has 2 aliphatic rings. The van der Waals surface area contributed by atoms with Crippen molar-refractivity contribution in [3.63, 3.8) is 0 Å². The topological polar surface area (TPSA) is 32.7 Å². The van der Waals surface area contributed by atoms with Crippen molar-refractivity contribution in [3.05, 3.63) is 29.3 Å². The summed E-state index contributed by atoms with van der Waals surface area (Å²) >= 11 is 0. The molecule has 0 aromatic heterocycles. The minimum atomic E-state index is -0.347. The van der Waals surface area contributed by atoms with Crippen molar-refractivity contribution in [1.82, 2.24) is 4.90 Å². The van der Waals surface area contributed by atoms with Gasteiger partial charge < -0.3 is 9.84 Å². The lowest BCUT2D eigenvalue weighted by molar-refractivity contribution is 0.0466. The highest BCUT2D eigenvalue weighted by Gasteiger charge is 2.35. The quantitative estimate of drug-likeness (QED) is 0.924. The highest BCUT2D eigenvalue weighted by Crippen LogP contribution is 2.37. The van der Waals surface area contributed by atoms with E-state index in [1.807, 2.05) is 12.1 Å². The van der Waals surface area contributed by atoms with Gasteiger partial charge >= 0.3 is 0 Å². The van der Waals surface area contributed by atoms with E-state index in [1.54, 1.807) is 7.11 Å². The molecule has 1 aromatic rings. The summed E-state index contributed by atoms with van der Waals surface area (Å²) in [6, 6.07) is 6.39. The molecule has 0 saturated carbocycles.